The molecule has 0 unspecified atom stereocenters. The molecule has 0 saturated heterocycles. The average Bonchev–Trinajstić information content (AvgIpc) is 2.58. The standard InChI is InChI=1S/C8H5N2S/c1-2-8(11-3-1)7-4-9-6-10-5-7/h2-6H. The number of hydrogen-bond donors (Lipinski definition) is 0. The Bertz CT molecular complexity index is 315. The monoisotopic (exact) mass is 161 g/mol. The van der Waals surface area contributed by atoms with Gasteiger partial charge in [0, 0.05) is 22.8 Å². The molecule has 3 heteroatoms. The van der Waals surface area contributed by atoms with Crippen LogP contribution in [0.3, 0.4) is 0 Å². The molecule has 2 nitrogen and oxygen atoms in total. The zero-order valence-electron chi connectivity index (χ0n) is 5.69. The minimum absolute atomic E-state index is 1.05. The van der Waals surface area contributed by atoms with Gasteiger partial charge in [-0.1, -0.05) is 0 Å². The van der Waals surface area contributed by atoms with E-state index in [9.17, 15) is 0 Å². The maximum absolute atomic E-state index is 3.92. The molecule has 0 aliphatic carbocycles. The van der Waals surface area contributed by atoms with Crippen LogP contribution in [-0.4, -0.2) is 9.97 Å². The summed E-state index contributed by atoms with van der Waals surface area (Å²) in [6.07, 6.45) is 5.13. The number of rotatable bonds is 1. The fraction of sp³-hybridized carbons (Fsp3) is 0. The summed E-state index contributed by atoms with van der Waals surface area (Å²) >= 11 is 1.64. The molecule has 53 valence electrons. The Morgan fingerprint density at radius 2 is 2.09 bits per heavy atom. The highest BCUT2D eigenvalue weighted by Crippen LogP contribution is 2.21. The molecule has 0 aliphatic heterocycles. The molecule has 0 fully saturated rings. The van der Waals surface area contributed by atoms with Gasteiger partial charge in [-0.2, -0.15) is 0 Å². The lowest BCUT2D eigenvalue weighted by Gasteiger charge is -1.91. The lowest BCUT2D eigenvalue weighted by atomic mass is 10.3. The van der Waals surface area contributed by atoms with Gasteiger partial charge in [0.15, 0.2) is 0 Å². The second kappa shape index (κ2) is 2.80. The molecule has 0 amide bonds. The molecule has 0 aliphatic rings. The van der Waals surface area contributed by atoms with Crippen molar-refractivity contribution >= 4 is 11.3 Å². The van der Waals surface area contributed by atoms with Gasteiger partial charge in [-0.25, -0.2) is 9.97 Å². The molecule has 11 heavy (non-hydrogen) atoms. The first-order valence-corrected chi connectivity index (χ1v) is 4.05. The molecule has 0 N–H and O–H groups in total. The van der Waals surface area contributed by atoms with E-state index in [1.54, 1.807) is 23.7 Å². The number of nitrogens with zero attached hydrogens (tertiary/aromatic N) is 2. The molecule has 0 bridgehead atoms. The van der Waals surface area contributed by atoms with E-state index < -0.39 is 0 Å². The van der Waals surface area contributed by atoms with Gasteiger partial charge in [0.25, 0.3) is 0 Å². The summed E-state index contributed by atoms with van der Waals surface area (Å²) in [4.78, 5) is 9.00. The van der Waals surface area contributed by atoms with Crippen LogP contribution in [-0.2, 0) is 0 Å². The Hall–Kier alpha value is -1.22. The minimum atomic E-state index is 1.05. The molecule has 2 heterocycles. The van der Waals surface area contributed by atoms with Crippen LogP contribution in [0.5, 0.6) is 0 Å². The molecule has 0 atom stereocenters. The third-order valence-corrected chi connectivity index (χ3v) is 2.17. The predicted octanol–water partition coefficient (Wildman–Crippen LogP) is 2.01. The highest BCUT2D eigenvalue weighted by Gasteiger charge is 1.96. The van der Waals surface area contributed by atoms with Crippen molar-refractivity contribution < 1.29 is 0 Å². The number of aromatic nitrogens is 2. The first-order chi connectivity index (χ1) is 5.47. The molecule has 0 saturated carbocycles. The van der Waals surface area contributed by atoms with Gasteiger partial charge >= 0.3 is 0 Å². The van der Waals surface area contributed by atoms with Crippen LogP contribution in [0, 0.1) is 6.07 Å². The molecule has 0 aromatic carbocycles. The van der Waals surface area contributed by atoms with Crippen molar-refractivity contribution in [3.05, 3.63) is 36.2 Å². The van der Waals surface area contributed by atoms with Gasteiger partial charge in [0.05, 0.1) is 0 Å². The van der Waals surface area contributed by atoms with Gasteiger partial charge in [0.1, 0.15) is 6.33 Å². The number of thiophene rings is 1. The molecule has 2 aromatic rings. The van der Waals surface area contributed by atoms with Crippen LogP contribution in [0.15, 0.2) is 30.2 Å². The smallest absolute Gasteiger partial charge is 0.115 e. The molecule has 1 radical (unpaired) electrons. The Morgan fingerprint density at radius 1 is 1.27 bits per heavy atom. The van der Waals surface area contributed by atoms with E-state index in [2.05, 4.69) is 16.0 Å². The normalized spacial score (nSPS) is 9.82. The molecular weight excluding hydrogens is 156 g/mol. The zero-order chi connectivity index (χ0) is 7.52. The highest BCUT2D eigenvalue weighted by atomic mass is 32.1. The van der Waals surface area contributed by atoms with E-state index in [1.165, 1.54) is 6.33 Å². The van der Waals surface area contributed by atoms with Crippen molar-refractivity contribution in [2.45, 2.75) is 0 Å². The van der Waals surface area contributed by atoms with Crippen molar-refractivity contribution in [3.63, 3.8) is 0 Å². The first-order valence-electron chi connectivity index (χ1n) is 3.17. The van der Waals surface area contributed by atoms with Gasteiger partial charge in [0.2, 0.25) is 0 Å². The summed E-state index contributed by atoms with van der Waals surface area (Å²) < 4.78 is 0. The topological polar surface area (TPSA) is 25.8 Å². The summed E-state index contributed by atoms with van der Waals surface area (Å²) in [6.45, 7) is 0. The Morgan fingerprint density at radius 3 is 2.73 bits per heavy atom. The summed E-state index contributed by atoms with van der Waals surface area (Å²) in [7, 11) is 0. The quantitative estimate of drug-likeness (QED) is 0.639. The lowest BCUT2D eigenvalue weighted by Crippen LogP contribution is -1.77. The van der Waals surface area contributed by atoms with Crippen LogP contribution in [0.4, 0.5) is 0 Å². The van der Waals surface area contributed by atoms with E-state index >= 15 is 0 Å². The average molecular weight is 161 g/mol. The van der Waals surface area contributed by atoms with E-state index in [1.807, 2.05) is 11.4 Å². The Balaban J connectivity index is 2.46. The minimum Gasteiger partial charge on any atom is -0.244 e. The van der Waals surface area contributed by atoms with E-state index in [-0.39, 0.29) is 0 Å². The molecule has 0 spiro atoms. The Kier molecular flexibility index (Phi) is 1.65. The molecular formula is C8H5N2S. The molecule has 2 aromatic heterocycles. The van der Waals surface area contributed by atoms with Crippen LogP contribution in [0.1, 0.15) is 0 Å². The van der Waals surface area contributed by atoms with Crippen molar-refractivity contribution in [1.82, 2.24) is 9.97 Å². The van der Waals surface area contributed by atoms with Gasteiger partial charge < -0.3 is 0 Å². The zero-order valence-corrected chi connectivity index (χ0v) is 6.51. The summed E-state index contributed by atoms with van der Waals surface area (Å²) in [6, 6.07) is 4.93. The predicted molar refractivity (Wildman–Crippen MR) is 44.2 cm³/mol. The molecule has 2 rings (SSSR count). The van der Waals surface area contributed by atoms with Gasteiger partial charge in [-0.3, -0.25) is 0 Å². The summed E-state index contributed by atoms with van der Waals surface area (Å²) in [5, 5.41) is 1.92. The van der Waals surface area contributed by atoms with Crippen LogP contribution >= 0.6 is 11.3 Å². The largest absolute Gasteiger partial charge is 0.244 e. The summed E-state index contributed by atoms with van der Waals surface area (Å²) in [5.74, 6) is 0. The van der Waals surface area contributed by atoms with Crippen LogP contribution in [0.25, 0.3) is 10.4 Å². The van der Waals surface area contributed by atoms with Crippen molar-refractivity contribution in [3.8, 4) is 10.4 Å². The van der Waals surface area contributed by atoms with Crippen LogP contribution < -0.4 is 0 Å². The second-order valence-electron chi connectivity index (χ2n) is 2.04. The lowest BCUT2D eigenvalue weighted by molar-refractivity contribution is 1.17. The van der Waals surface area contributed by atoms with Crippen molar-refractivity contribution in [1.29, 1.82) is 0 Å². The summed E-state index contributed by atoms with van der Waals surface area (Å²) in [5.41, 5.74) is 1.05. The first kappa shape index (κ1) is 6.49. The van der Waals surface area contributed by atoms with E-state index in [0.29, 0.717) is 0 Å². The van der Waals surface area contributed by atoms with Crippen molar-refractivity contribution in [2.24, 2.45) is 0 Å². The third-order valence-electron chi connectivity index (χ3n) is 1.31. The van der Waals surface area contributed by atoms with E-state index in [0.717, 1.165) is 10.4 Å². The van der Waals surface area contributed by atoms with Gasteiger partial charge in [-0.05, 0) is 17.5 Å². The highest BCUT2D eigenvalue weighted by molar-refractivity contribution is 7.13. The Labute approximate surface area is 68.6 Å². The third kappa shape index (κ3) is 1.28. The van der Waals surface area contributed by atoms with Crippen molar-refractivity contribution in [2.75, 3.05) is 0 Å². The maximum atomic E-state index is 3.92. The second-order valence-corrected chi connectivity index (χ2v) is 2.95. The fourth-order valence-electron chi connectivity index (χ4n) is 0.819. The number of hydrogen-bond acceptors (Lipinski definition) is 3. The van der Waals surface area contributed by atoms with Gasteiger partial charge in [-0.15, -0.1) is 11.3 Å². The fourth-order valence-corrected chi connectivity index (χ4v) is 1.46. The van der Waals surface area contributed by atoms with Crippen LogP contribution in [0.2, 0.25) is 0 Å². The van der Waals surface area contributed by atoms with E-state index in [4.69, 9.17) is 0 Å². The maximum Gasteiger partial charge on any atom is 0.115 e. The SMILES string of the molecule is [c]1csc(-c2cncnc2)c1.